The van der Waals surface area contributed by atoms with Gasteiger partial charge in [-0.1, -0.05) is 12.1 Å². The van der Waals surface area contributed by atoms with Gasteiger partial charge in [-0.25, -0.2) is 23.1 Å². The van der Waals surface area contributed by atoms with E-state index in [0.717, 1.165) is 74.9 Å². The molecule has 0 amide bonds. The minimum atomic E-state index is -3.10. The number of aromatic nitrogens is 3. The fourth-order valence-electron chi connectivity index (χ4n) is 6.94. The molecule has 40 heavy (non-hydrogen) atoms. The molecule has 1 aromatic carbocycles. The number of sulfonamides is 1. The molecule has 0 radical (unpaired) electrons. The fourth-order valence-corrected chi connectivity index (χ4v) is 7.85. The van der Waals surface area contributed by atoms with Crippen LogP contribution >= 0.6 is 0 Å². The van der Waals surface area contributed by atoms with E-state index in [4.69, 9.17) is 4.98 Å². The SMILES string of the molecule is CCS(=O)(=O)NC1CCC(CN2CCC3(CC2)CN(c2ncnc4ccc(CCc5cccnc5)cc24)C3)CC1. The summed E-state index contributed by atoms with van der Waals surface area (Å²) in [4.78, 5) is 18.7. The van der Waals surface area contributed by atoms with Gasteiger partial charge in [0.1, 0.15) is 12.1 Å². The first-order chi connectivity index (χ1) is 19.4. The van der Waals surface area contributed by atoms with Crippen molar-refractivity contribution in [2.75, 3.05) is 43.4 Å². The highest BCUT2D eigenvalue weighted by Gasteiger charge is 2.46. The molecular formula is C31H42N6O2S. The first-order valence-corrected chi connectivity index (χ1v) is 16.7. The Hall–Kier alpha value is -2.62. The predicted octanol–water partition coefficient (Wildman–Crippen LogP) is 4.21. The molecule has 2 aliphatic heterocycles. The van der Waals surface area contributed by atoms with Gasteiger partial charge in [-0.05, 0) is 107 Å². The molecule has 8 nitrogen and oxygen atoms in total. The molecular weight excluding hydrogens is 520 g/mol. The van der Waals surface area contributed by atoms with Crippen molar-refractivity contribution in [1.82, 2.24) is 24.6 Å². The van der Waals surface area contributed by atoms with Gasteiger partial charge in [-0.15, -0.1) is 0 Å². The molecule has 214 valence electrons. The number of anilines is 1. The van der Waals surface area contributed by atoms with Crippen LogP contribution in [0, 0.1) is 11.3 Å². The number of hydrogen-bond acceptors (Lipinski definition) is 7. The zero-order chi connectivity index (χ0) is 27.6. The first kappa shape index (κ1) is 27.5. The standard InChI is InChI=1S/C31H42N6O2S/c1-2-40(38,39)35-27-10-7-26(8-11-27)20-36-16-13-31(14-17-36)21-37(22-31)30-28-18-24(9-12-29(28)33-23-34-30)5-6-25-4-3-15-32-19-25/h3-4,9,12,15,18-19,23,26-27,35H,2,5-8,10-11,13-14,16-17,20-22H2,1H3. The molecule has 3 aromatic rings. The lowest BCUT2D eigenvalue weighted by molar-refractivity contribution is 0.0621. The minimum Gasteiger partial charge on any atom is -0.355 e. The highest BCUT2D eigenvalue weighted by molar-refractivity contribution is 7.89. The summed E-state index contributed by atoms with van der Waals surface area (Å²) in [5.41, 5.74) is 3.99. The molecule has 0 bridgehead atoms. The van der Waals surface area contributed by atoms with E-state index in [1.165, 1.54) is 37.1 Å². The van der Waals surface area contributed by atoms with Crippen molar-refractivity contribution in [3.8, 4) is 0 Å². The van der Waals surface area contributed by atoms with Gasteiger partial charge < -0.3 is 9.80 Å². The van der Waals surface area contributed by atoms with Gasteiger partial charge in [0.2, 0.25) is 10.0 Å². The van der Waals surface area contributed by atoms with Crippen molar-refractivity contribution in [3.63, 3.8) is 0 Å². The fraction of sp³-hybridized carbons (Fsp3) is 0.581. The first-order valence-electron chi connectivity index (χ1n) is 15.0. The molecule has 0 unspecified atom stereocenters. The van der Waals surface area contributed by atoms with Gasteiger partial charge in [0.15, 0.2) is 0 Å². The van der Waals surface area contributed by atoms with Crippen LogP contribution in [0.4, 0.5) is 5.82 Å². The smallest absolute Gasteiger partial charge is 0.211 e. The molecule has 9 heteroatoms. The average molecular weight is 563 g/mol. The van der Waals surface area contributed by atoms with E-state index in [1.54, 1.807) is 13.3 Å². The van der Waals surface area contributed by atoms with E-state index in [0.29, 0.717) is 11.3 Å². The summed E-state index contributed by atoms with van der Waals surface area (Å²) in [7, 11) is -3.10. The Balaban J connectivity index is 1.00. The molecule has 6 rings (SSSR count). The summed E-state index contributed by atoms with van der Waals surface area (Å²) in [6.45, 7) is 7.35. The molecule has 1 spiro atoms. The highest BCUT2D eigenvalue weighted by Crippen LogP contribution is 2.44. The molecule has 4 heterocycles. The second-order valence-corrected chi connectivity index (χ2v) is 14.3. The molecule has 0 atom stereocenters. The number of rotatable bonds is 9. The van der Waals surface area contributed by atoms with Crippen LogP contribution in [0.3, 0.4) is 0 Å². The van der Waals surface area contributed by atoms with Crippen LogP contribution in [0.2, 0.25) is 0 Å². The number of fused-ring (bicyclic) bond motifs is 1. The van der Waals surface area contributed by atoms with Gasteiger partial charge in [0.05, 0.1) is 11.3 Å². The number of nitrogens with one attached hydrogen (secondary N) is 1. The molecule has 1 aliphatic carbocycles. The Morgan fingerprint density at radius 1 is 1.00 bits per heavy atom. The summed E-state index contributed by atoms with van der Waals surface area (Å²) in [6.07, 6.45) is 14.1. The Kier molecular flexibility index (Phi) is 8.06. The van der Waals surface area contributed by atoms with E-state index in [2.05, 4.69) is 48.8 Å². The zero-order valence-electron chi connectivity index (χ0n) is 23.6. The van der Waals surface area contributed by atoms with Crippen LogP contribution in [-0.4, -0.2) is 72.8 Å². The summed E-state index contributed by atoms with van der Waals surface area (Å²) in [5.74, 6) is 1.94. The number of likely N-dealkylation sites (tertiary alicyclic amines) is 1. The monoisotopic (exact) mass is 562 g/mol. The van der Waals surface area contributed by atoms with Crippen LogP contribution in [0.1, 0.15) is 56.6 Å². The Bertz CT molecular complexity index is 1390. The third-order valence-electron chi connectivity index (χ3n) is 9.46. The maximum absolute atomic E-state index is 11.9. The molecule has 2 aromatic heterocycles. The van der Waals surface area contributed by atoms with E-state index in [-0.39, 0.29) is 11.8 Å². The molecule has 3 fully saturated rings. The van der Waals surface area contributed by atoms with Gasteiger partial charge in [0, 0.05) is 48.9 Å². The number of benzene rings is 1. The summed E-state index contributed by atoms with van der Waals surface area (Å²) in [6, 6.07) is 10.9. The minimum absolute atomic E-state index is 0.127. The zero-order valence-corrected chi connectivity index (χ0v) is 24.5. The molecule has 1 saturated carbocycles. The van der Waals surface area contributed by atoms with Gasteiger partial charge in [-0.3, -0.25) is 4.98 Å². The summed E-state index contributed by atoms with van der Waals surface area (Å²) < 4.78 is 26.7. The number of hydrogen-bond donors (Lipinski definition) is 1. The van der Waals surface area contributed by atoms with E-state index >= 15 is 0 Å². The van der Waals surface area contributed by atoms with E-state index < -0.39 is 10.0 Å². The van der Waals surface area contributed by atoms with Crippen molar-refractivity contribution in [3.05, 3.63) is 60.2 Å². The molecule has 1 N–H and O–H groups in total. The maximum atomic E-state index is 11.9. The van der Waals surface area contributed by atoms with Crippen LogP contribution in [0.25, 0.3) is 10.9 Å². The Labute approximate surface area is 238 Å². The summed E-state index contributed by atoms with van der Waals surface area (Å²) >= 11 is 0. The summed E-state index contributed by atoms with van der Waals surface area (Å²) in [5, 5.41) is 1.16. The lowest BCUT2D eigenvalue weighted by Crippen LogP contribution is -2.61. The second-order valence-electron chi connectivity index (χ2n) is 12.3. The van der Waals surface area contributed by atoms with Crippen LogP contribution in [-0.2, 0) is 22.9 Å². The van der Waals surface area contributed by atoms with Crippen molar-refractivity contribution in [2.45, 2.75) is 64.3 Å². The predicted molar refractivity (Wildman–Crippen MR) is 160 cm³/mol. The third-order valence-corrected chi connectivity index (χ3v) is 10.9. The van der Waals surface area contributed by atoms with Gasteiger partial charge >= 0.3 is 0 Å². The highest BCUT2D eigenvalue weighted by atomic mass is 32.2. The van der Waals surface area contributed by atoms with Crippen molar-refractivity contribution < 1.29 is 8.42 Å². The average Bonchev–Trinajstić information content (AvgIpc) is 2.96. The number of nitrogens with zero attached hydrogens (tertiary/aromatic N) is 5. The number of pyridine rings is 1. The molecule has 3 aliphatic rings. The third kappa shape index (κ3) is 6.31. The lowest BCUT2D eigenvalue weighted by Gasteiger charge is -2.55. The molecule has 2 saturated heterocycles. The van der Waals surface area contributed by atoms with E-state index in [1.807, 2.05) is 18.5 Å². The van der Waals surface area contributed by atoms with Crippen LogP contribution in [0.15, 0.2) is 49.1 Å². The van der Waals surface area contributed by atoms with Crippen molar-refractivity contribution in [1.29, 1.82) is 0 Å². The Morgan fingerprint density at radius 3 is 2.50 bits per heavy atom. The van der Waals surface area contributed by atoms with E-state index in [9.17, 15) is 8.42 Å². The Morgan fingerprint density at radius 2 is 1.77 bits per heavy atom. The number of aryl methyl sites for hydroxylation is 2. The second kappa shape index (κ2) is 11.7. The van der Waals surface area contributed by atoms with Gasteiger partial charge in [-0.2, -0.15) is 0 Å². The maximum Gasteiger partial charge on any atom is 0.211 e. The topological polar surface area (TPSA) is 91.3 Å². The van der Waals surface area contributed by atoms with Crippen molar-refractivity contribution in [2.24, 2.45) is 11.3 Å². The normalized spacial score (nSPS) is 23.4. The van der Waals surface area contributed by atoms with Gasteiger partial charge in [0.25, 0.3) is 0 Å². The quantitative estimate of drug-likeness (QED) is 0.418. The number of piperidine rings is 1. The largest absolute Gasteiger partial charge is 0.355 e. The van der Waals surface area contributed by atoms with Crippen LogP contribution in [0.5, 0.6) is 0 Å². The van der Waals surface area contributed by atoms with Crippen molar-refractivity contribution >= 4 is 26.7 Å². The van der Waals surface area contributed by atoms with Crippen LogP contribution < -0.4 is 9.62 Å². The lowest BCUT2D eigenvalue weighted by atomic mass is 9.71.